The summed E-state index contributed by atoms with van der Waals surface area (Å²) >= 11 is 0. The number of hydrogen-bond donors (Lipinski definition) is 0. The van der Waals surface area contributed by atoms with Crippen molar-refractivity contribution >= 4 is 5.97 Å². The molecule has 2 atom stereocenters. The molecule has 112 valence electrons. The highest BCUT2D eigenvalue weighted by Crippen LogP contribution is 2.23. The fraction of sp³-hybridized carbons (Fsp3) is 0.923. The predicted octanol–water partition coefficient (Wildman–Crippen LogP) is 0.750. The second-order valence-electron chi connectivity index (χ2n) is 6.07. The van der Waals surface area contributed by atoms with Crippen molar-refractivity contribution in [3.05, 3.63) is 0 Å². The molecule has 1 aliphatic heterocycles. The van der Waals surface area contributed by atoms with Gasteiger partial charge in [0.05, 0.1) is 34.9 Å². The number of nitrogens with zero attached hydrogens (tertiary/aromatic N) is 1. The Hall–Kier alpha value is -0.690. The first kappa shape index (κ1) is 16.4. The molecule has 1 rings (SSSR count). The highest BCUT2D eigenvalue weighted by molar-refractivity contribution is 5.74. The summed E-state index contributed by atoms with van der Waals surface area (Å²) in [5, 5.41) is 0. The second kappa shape index (κ2) is 6.17. The van der Waals surface area contributed by atoms with Crippen LogP contribution in [-0.4, -0.2) is 70.0 Å². The molecule has 2 unspecified atom stereocenters. The molecule has 6 nitrogen and oxygen atoms in total. The molecule has 0 radical (unpaired) electrons. The minimum absolute atomic E-state index is 0.222. The molecule has 0 N–H and O–H groups in total. The van der Waals surface area contributed by atoms with Gasteiger partial charge in [-0.25, -0.2) is 4.79 Å². The maximum absolute atomic E-state index is 11.7. The maximum Gasteiger partial charge on any atom is 0.364 e. The van der Waals surface area contributed by atoms with E-state index >= 15 is 0 Å². The zero-order valence-corrected chi connectivity index (χ0v) is 12.8. The largest absolute Gasteiger partial charge is 0.465 e. The van der Waals surface area contributed by atoms with Crippen molar-refractivity contribution in [2.45, 2.75) is 38.4 Å². The van der Waals surface area contributed by atoms with E-state index in [0.29, 0.717) is 24.1 Å². The van der Waals surface area contributed by atoms with E-state index in [1.54, 1.807) is 0 Å². The van der Waals surface area contributed by atoms with Crippen LogP contribution < -0.4 is 0 Å². The number of esters is 1. The molecule has 0 amide bonds. The highest BCUT2D eigenvalue weighted by Gasteiger charge is 2.35. The summed E-state index contributed by atoms with van der Waals surface area (Å²) in [5.41, 5.74) is 0. The normalized spacial score (nSPS) is 24.2. The van der Waals surface area contributed by atoms with Gasteiger partial charge in [-0.05, 0) is 13.8 Å². The Morgan fingerprint density at radius 1 is 1.42 bits per heavy atom. The molecule has 0 bridgehead atoms. The SMILES string of the molecule is COC(=O)C(CCOC1COC(C)(C)O1)[N+](C)(C)C. The fourth-order valence-electron chi connectivity index (χ4n) is 2.00. The van der Waals surface area contributed by atoms with E-state index in [1.165, 1.54) is 7.11 Å². The smallest absolute Gasteiger partial charge is 0.364 e. The van der Waals surface area contributed by atoms with Crippen LogP contribution >= 0.6 is 0 Å². The lowest BCUT2D eigenvalue weighted by Crippen LogP contribution is -2.50. The fourth-order valence-corrected chi connectivity index (χ4v) is 2.00. The zero-order valence-electron chi connectivity index (χ0n) is 12.8. The van der Waals surface area contributed by atoms with E-state index in [4.69, 9.17) is 18.9 Å². The molecule has 0 aliphatic carbocycles. The molecule has 0 aromatic rings. The van der Waals surface area contributed by atoms with Crippen molar-refractivity contribution in [2.75, 3.05) is 41.5 Å². The first-order valence-electron chi connectivity index (χ1n) is 6.48. The second-order valence-corrected chi connectivity index (χ2v) is 6.07. The topological polar surface area (TPSA) is 54.0 Å². The van der Waals surface area contributed by atoms with Crippen molar-refractivity contribution in [3.8, 4) is 0 Å². The average Bonchev–Trinajstić information content (AvgIpc) is 2.62. The summed E-state index contributed by atoms with van der Waals surface area (Å²) in [5.74, 6) is -0.813. The summed E-state index contributed by atoms with van der Waals surface area (Å²) in [4.78, 5) is 11.7. The Morgan fingerprint density at radius 2 is 2.05 bits per heavy atom. The lowest BCUT2D eigenvalue weighted by Gasteiger charge is -2.32. The number of rotatable bonds is 6. The lowest BCUT2D eigenvalue weighted by molar-refractivity contribution is -0.887. The lowest BCUT2D eigenvalue weighted by atomic mass is 10.1. The van der Waals surface area contributed by atoms with Crippen LogP contribution in [0, 0.1) is 0 Å². The molecule has 0 saturated carbocycles. The van der Waals surface area contributed by atoms with Crippen molar-refractivity contribution < 1.29 is 28.2 Å². The number of likely N-dealkylation sites (N-methyl/N-ethyl adjacent to an activating group) is 1. The Balaban J connectivity index is 2.39. The third-order valence-electron chi connectivity index (χ3n) is 3.09. The number of hydrogen-bond acceptors (Lipinski definition) is 5. The van der Waals surface area contributed by atoms with Crippen LogP contribution in [-0.2, 0) is 23.7 Å². The quantitative estimate of drug-likeness (QED) is 0.529. The van der Waals surface area contributed by atoms with Gasteiger partial charge >= 0.3 is 5.97 Å². The van der Waals surface area contributed by atoms with E-state index in [-0.39, 0.29) is 18.3 Å². The Kier molecular flexibility index (Phi) is 5.32. The number of ether oxygens (including phenoxy) is 4. The van der Waals surface area contributed by atoms with Crippen molar-refractivity contribution in [3.63, 3.8) is 0 Å². The molecule has 1 aliphatic rings. The van der Waals surface area contributed by atoms with Gasteiger partial charge in [0.25, 0.3) is 0 Å². The van der Waals surface area contributed by atoms with Crippen LogP contribution in [0.25, 0.3) is 0 Å². The standard InChI is InChI=1S/C13H26NO5/c1-13(2)18-9-11(19-13)17-8-7-10(12(15)16-6)14(3,4)5/h10-11H,7-9H2,1-6H3/q+1. The van der Waals surface area contributed by atoms with E-state index in [0.717, 1.165) is 0 Å². The third kappa shape index (κ3) is 5.06. The van der Waals surface area contributed by atoms with E-state index in [2.05, 4.69) is 0 Å². The summed E-state index contributed by atoms with van der Waals surface area (Å²) < 4.78 is 21.9. The Bertz CT molecular complexity index is 311. The molecule has 1 saturated heterocycles. The number of methoxy groups -OCH3 is 1. The van der Waals surface area contributed by atoms with Gasteiger partial charge in [-0.15, -0.1) is 0 Å². The summed E-state index contributed by atoms with van der Waals surface area (Å²) in [7, 11) is 7.28. The van der Waals surface area contributed by atoms with E-state index in [1.807, 2.05) is 35.0 Å². The van der Waals surface area contributed by atoms with Gasteiger partial charge in [-0.2, -0.15) is 0 Å². The third-order valence-corrected chi connectivity index (χ3v) is 3.09. The molecule has 1 heterocycles. The minimum atomic E-state index is -0.591. The van der Waals surface area contributed by atoms with Crippen LogP contribution in [0.4, 0.5) is 0 Å². The van der Waals surface area contributed by atoms with Gasteiger partial charge in [0.1, 0.15) is 6.61 Å². The monoisotopic (exact) mass is 276 g/mol. The minimum Gasteiger partial charge on any atom is -0.465 e. The van der Waals surface area contributed by atoms with Crippen molar-refractivity contribution in [1.82, 2.24) is 0 Å². The molecule has 0 aromatic carbocycles. The average molecular weight is 276 g/mol. The summed E-state index contributed by atoms with van der Waals surface area (Å²) in [6.45, 7) is 4.54. The predicted molar refractivity (Wildman–Crippen MR) is 69.3 cm³/mol. The van der Waals surface area contributed by atoms with Gasteiger partial charge < -0.3 is 23.4 Å². The van der Waals surface area contributed by atoms with Crippen molar-refractivity contribution in [1.29, 1.82) is 0 Å². The maximum atomic E-state index is 11.7. The van der Waals surface area contributed by atoms with Crippen molar-refractivity contribution in [2.24, 2.45) is 0 Å². The van der Waals surface area contributed by atoms with Crippen LogP contribution in [0.5, 0.6) is 0 Å². The zero-order chi connectivity index (χ0) is 14.7. The first-order valence-corrected chi connectivity index (χ1v) is 6.48. The van der Waals surface area contributed by atoms with E-state index < -0.39 is 5.79 Å². The van der Waals surface area contributed by atoms with Gasteiger partial charge in [-0.1, -0.05) is 0 Å². The van der Waals surface area contributed by atoms with Crippen LogP contribution in [0.15, 0.2) is 0 Å². The summed E-state index contributed by atoms with van der Waals surface area (Å²) in [6, 6.07) is -0.250. The first-order chi connectivity index (χ1) is 8.65. The van der Waals surface area contributed by atoms with Crippen LogP contribution in [0.1, 0.15) is 20.3 Å². The molecular weight excluding hydrogens is 250 g/mol. The molecule has 19 heavy (non-hydrogen) atoms. The Labute approximate surface area is 115 Å². The number of carbonyl (C=O) groups excluding carboxylic acids is 1. The van der Waals surface area contributed by atoms with Gasteiger partial charge in [0, 0.05) is 6.42 Å². The van der Waals surface area contributed by atoms with Gasteiger partial charge in [0.2, 0.25) is 0 Å². The van der Waals surface area contributed by atoms with E-state index in [9.17, 15) is 4.79 Å². The van der Waals surface area contributed by atoms with Crippen LogP contribution in [0.3, 0.4) is 0 Å². The summed E-state index contributed by atoms with van der Waals surface area (Å²) in [6.07, 6.45) is 0.219. The van der Waals surface area contributed by atoms with Gasteiger partial charge in [0.15, 0.2) is 18.1 Å². The highest BCUT2D eigenvalue weighted by atomic mass is 16.8. The Morgan fingerprint density at radius 3 is 2.47 bits per heavy atom. The molecule has 1 fully saturated rings. The number of carbonyl (C=O) groups is 1. The van der Waals surface area contributed by atoms with Gasteiger partial charge in [-0.3, -0.25) is 0 Å². The molecule has 0 spiro atoms. The number of quaternary nitrogens is 1. The van der Waals surface area contributed by atoms with Crippen LogP contribution in [0.2, 0.25) is 0 Å². The molecular formula is C13H26NO5+. The molecule has 0 aromatic heterocycles. The molecule has 6 heteroatoms.